The molecule has 1 N–H and O–H groups in total. The average Bonchev–Trinajstić information content (AvgIpc) is 2.87. The third-order valence-corrected chi connectivity index (χ3v) is 8.85. The van der Waals surface area contributed by atoms with Gasteiger partial charge < -0.3 is 9.47 Å². The molecule has 0 aliphatic rings. The van der Waals surface area contributed by atoms with Gasteiger partial charge >= 0.3 is 21.2 Å². The Morgan fingerprint density at radius 2 is 1.17 bits per heavy atom. The summed E-state index contributed by atoms with van der Waals surface area (Å²) < 4.78 is 46.6. The highest BCUT2D eigenvalue weighted by molar-refractivity contribution is 7.86. The minimum atomic E-state index is -4.48. The molecule has 35 heavy (non-hydrogen) atoms. The number of ether oxygens (including phenoxy) is 2. The highest BCUT2D eigenvalue weighted by Gasteiger charge is 2.25. The van der Waals surface area contributed by atoms with Crippen LogP contribution in [0.25, 0.3) is 21.5 Å². The first kappa shape index (κ1) is 25.0. The van der Waals surface area contributed by atoms with Gasteiger partial charge in [0, 0.05) is 5.39 Å². The summed E-state index contributed by atoms with van der Waals surface area (Å²) in [6, 6.07) is 34.2. The largest absolute Gasteiger partial charge is 0.493 e. The number of hydrogen-bond donors (Lipinski definition) is 1. The summed E-state index contributed by atoms with van der Waals surface area (Å²) in [4.78, 5) is -0.282. The molecule has 0 aromatic heterocycles. The molecule has 0 saturated carbocycles. The third kappa shape index (κ3) is 5.93. The van der Waals surface area contributed by atoms with E-state index in [4.69, 9.17) is 9.47 Å². The van der Waals surface area contributed by atoms with E-state index < -0.39 is 10.1 Å². The van der Waals surface area contributed by atoms with Crippen LogP contribution in [0, 0.1) is 7.14 Å². The van der Waals surface area contributed by atoms with Crippen LogP contribution in [0.3, 0.4) is 0 Å². The van der Waals surface area contributed by atoms with E-state index >= 15 is 0 Å². The molecule has 5 aromatic carbocycles. The van der Waals surface area contributed by atoms with Gasteiger partial charge in [-0.25, -0.2) is 0 Å². The Bertz CT molecular complexity index is 1520. The molecule has 0 amide bonds. The van der Waals surface area contributed by atoms with Crippen molar-refractivity contribution in [2.75, 3.05) is 14.2 Å². The van der Waals surface area contributed by atoms with Crippen LogP contribution in [0.1, 0.15) is 0 Å². The molecule has 0 bridgehead atoms. The fraction of sp³-hybridized carbons (Fsp3) is 0.0714. The van der Waals surface area contributed by atoms with E-state index in [1.807, 2.05) is 30.3 Å². The molecule has 178 valence electrons. The minimum absolute atomic E-state index is 0.00668. The standard InChI is InChI=1S/C16H14O5S.C12H10I/c1-20-14-9-12-7-10-5-3-4-6-11(10)8-13(12)16(15(14)21-2)22(17,18)19;1-3-7-11(8-4-1)13-12-9-5-2-6-10-12/h3-9H,1-2H3,(H,17,18,19);1-10H/q;+1. The Morgan fingerprint density at radius 3 is 1.66 bits per heavy atom. The summed E-state index contributed by atoms with van der Waals surface area (Å²) >= 11 is 0.0287. The second-order valence-corrected chi connectivity index (χ2v) is 11.9. The molecule has 0 saturated heterocycles. The van der Waals surface area contributed by atoms with Crippen molar-refractivity contribution >= 4 is 31.7 Å². The Morgan fingerprint density at radius 1 is 0.657 bits per heavy atom. The zero-order valence-corrected chi connectivity index (χ0v) is 22.2. The fourth-order valence-electron chi connectivity index (χ4n) is 3.70. The zero-order chi connectivity index (χ0) is 24.8. The van der Waals surface area contributed by atoms with Gasteiger partial charge in [0.25, 0.3) is 10.1 Å². The quantitative estimate of drug-likeness (QED) is 0.191. The van der Waals surface area contributed by atoms with Gasteiger partial charge in [-0.3, -0.25) is 4.55 Å². The Hall–Kier alpha value is -3.14. The molecule has 0 spiro atoms. The molecule has 0 atom stereocenters. The first-order valence-corrected chi connectivity index (χ1v) is 14.3. The predicted octanol–water partition coefficient (Wildman–Crippen LogP) is 3.07. The number of methoxy groups -OCH3 is 2. The number of fused-ring (bicyclic) bond motifs is 2. The molecular weight excluding hydrogens is 575 g/mol. The SMILES string of the molecule is COc1cc2cc3ccccc3cc2c(S(=O)(=O)O)c1OC.c1ccc([I+]c2ccccc2)cc1. The van der Waals surface area contributed by atoms with Crippen LogP contribution in [0.4, 0.5) is 0 Å². The lowest BCUT2D eigenvalue weighted by Gasteiger charge is -2.14. The highest BCUT2D eigenvalue weighted by atomic mass is 127. The summed E-state index contributed by atoms with van der Waals surface area (Å²) in [5.41, 5.74) is 0. The number of rotatable bonds is 5. The highest BCUT2D eigenvalue weighted by Crippen LogP contribution is 2.41. The van der Waals surface area contributed by atoms with Crippen molar-refractivity contribution in [3.8, 4) is 11.5 Å². The molecule has 5 rings (SSSR count). The zero-order valence-electron chi connectivity index (χ0n) is 19.2. The van der Waals surface area contributed by atoms with Crippen LogP contribution in [0.15, 0.2) is 108 Å². The van der Waals surface area contributed by atoms with E-state index in [1.165, 1.54) is 21.4 Å². The van der Waals surface area contributed by atoms with Gasteiger partial charge in [-0.1, -0.05) is 60.7 Å². The second-order valence-electron chi connectivity index (χ2n) is 7.52. The van der Waals surface area contributed by atoms with Crippen molar-refractivity contribution in [2.24, 2.45) is 0 Å². The third-order valence-electron chi connectivity index (χ3n) is 5.25. The van der Waals surface area contributed by atoms with E-state index in [0.717, 1.165) is 10.8 Å². The molecule has 0 heterocycles. The number of benzene rings is 5. The number of hydrogen-bond acceptors (Lipinski definition) is 4. The Kier molecular flexibility index (Phi) is 7.90. The fourth-order valence-corrected chi connectivity index (χ4v) is 6.84. The predicted molar refractivity (Wildman–Crippen MR) is 135 cm³/mol. The summed E-state index contributed by atoms with van der Waals surface area (Å²) in [6.45, 7) is 0. The maximum atomic E-state index is 11.9. The first-order valence-electron chi connectivity index (χ1n) is 10.7. The van der Waals surface area contributed by atoms with E-state index in [2.05, 4.69) is 60.7 Å². The normalized spacial score (nSPS) is 11.1. The maximum absolute atomic E-state index is 11.9. The molecule has 0 fully saturated rings. The molecule has 5 aromatic rings. The van der Waals surface area contributed by atoms with Crippen LogP contribution < -0.4 is 30.7 Å². The lowest BCUT2D eigenvalue weighted by atomic mass is 10.0. The van der Waals surface area contributed by atoms with Gasteiger partial charge in [-0.15, -0.1) is 0 Å². The van der Waals surface area contributed by atoms with Gasteiger partial charge in [0.15, 0.2) is 18.6 Å². The smallest absolute Gasteiger partial charge is 0.357 e. The summed E-state index contributed by atoms with van der Waals surface area (Å²) in [7, 11) is -1.73. The van der Waals surface area contributed by atoms with Crippen molar-refractivity contribution in [2.45, 2.75) is 4.90 Å². The molecular formula is C28H24IO5S+. The van der Waals surface area contributed by atoms with E-state index in [1.54, 1.807) is 12.1 Å². The summed E-state index contributed by atoms with van der Waals surface area (Å²) in [5.74, 6) is 0.241. The molecule has 0 aliphatic heterocycles. The van der Waals surface area contributed by atoms with Crippen molar-refractivity contribution in [3.05, 3.63) is 110 Å². The lowest BCUT2D eigenvalue weighted by molar-refractivity contribution is -0.597. The molecule has 7 heteroatoms. The average molecular weight is 599 g/mol. The van der Waals surface area contributed by atoms with Gasteiger partial charge in [-0.05, 0) is 58.6 Å². The Balaban J connectivity index is 0.000000189. The Labute approximate surface area is 215 Å². The first-order chi connectivity index (χ1) is 16.9. The van der Waals surface area contributed by atoms with Gasteiger partial charge in [-0.2, -0.15) is 8.42 Å². The van der Waals surface area contributed by atoms with Gasteiger partial charge in [0.2, 0.25) is 0 Å². The molecule has 0 unspecified atom stereocenters. The minimum Gasteiger partial charge on any atom is -0.493 e. The van der Waals surface area contributed by atoms with Crippen molar-refractivity contribution in [1.82, 2.24) is 0 Å². The van der Waals surface area contributed by atoms with Gasteiger partial charge in [0.05, 0.1) is 14.2 Å². The molecule has 0 radical (unpaired) electrons. The lowest BCUT2D eigenvalue weighted by Crippen LogP contribution is -3.61. The van der Waals surface area contributed by atoms with Crippen LogP contribution >= 0.6 is 0 Å². The van der Waals surface area contributed by atoms with Crippen LogP contribution in [0.5, 0.6) is 11.5 Å². The van der Waals surface area contributed by atoms with E-state index in [0.29, 0.717) is 10.8 Å². The van der Waals surface area contributed by atoms with Crippen molar-refractivity contribution < 1.29 is 43.6 Å². The van der Waals surface area contributed by atoms with Crippen molar-refractivity contribution in [3.63, 3.8) is 0 Å². The summed E-state index contributed by atoms with van der Waals surface area (Å²) in [6.07, 6.45) is 0. The number of halogens is 1. The van der Waals surface area contributed by atoms with Crippen LogP contribution in [-0.4, -0.2) is 27.2 Å². The van der Waals surface area contributed by atoms with Gasteiger partial charge in [0.1, 0.15) is 4.90 Å². The van der Waals surface area contributed by atoms with Crippen LogP contribution in [0.2, 0.25) is 0 Å². The topological polar surface area (TPSA) is 72.8 Å². The monoisotopic (exact) mass is 599 g/mol. The van der Waals surface area contributed by atoms with E-state index in [9.17, 15) is 13.0 Å². The van der Waals surface area contributed by atoms with Crippen molar-refractivity contribution in [1.29, 1.82) is 0 Å². The maximum Gasteiger partial charge on any atom is 0.357 e. The second kappa shape index (κ2) is 11.1. The van der Waals surface area contributed by atoms with E-state index in [-0.39, 0.29) is 37.6 Å². The molecule has 0 aliphatic carbocycles. The summed E-state index contributed by atoms with van der Waals surface area (Å²) in [5, 5.41) is 2.86. The van der Waals surface area contributed by atoms with Crippen LogP contribution in [-0.2, 0) is 10.1 Å². The molecule has 5 nitrogen and oxygen atoms in total.